The van der Waals surface area contributed by atoms with E-state index >= 15 is 0 Å². The lowest BCUT2D eigenvalue weighted by Crippen LogP contribution is -2.59. The summed E-state index contributed by atoms with van der Waals surface area (Å²) < 4.78 is 0. The Morgan fingerprint density at radius 3 is 1.57 bits per heavy atom. The minimum absolute atomic E-state index is 0.0119. The minimum atomic E-state index is -1.60. The van der Waals surface area contributed by atoms with Crippen molar-refractivity contribution in [2.45, 2.75) is 56.5 Å². The third kappa shape index (κ3) is 9.72. The first-order chi connectivity index (χ1) is 20.0. The standard InChI is InChI=1S/C31H36N4O7/c1-19(36)27(31(41)42)35-30(40)26(17-21-10-6-3-7-11-21)34-29(39)25(18-22-12-14-23(37)15-13-22)33-28(38)24(32)16-20-8-4-2-5-9-20/h2-15,19,24-27,36-37H,16-18,32H2,1H3,(H,33,38)(H,34,39)(H,35,40)(H,41,42). The van der Waals surface area contributed by atoms with Crippen molar-refractivity contribution in [3.8, 4) is 5.75 Å². The van der Waals surface area contributed by atoms with Crippen LogP contribution in [0.1, 0.15) is 23.6 Å². The van der Waals surface area contributed by atoms with Gasteiger partial charge >= 0.3 is 5.97 Å². The van der Waals surface area contributed by atoms with Gasteiger partial charge in [0.2, 0.25) is 17.7 Å². The lowest BCUT2D eigenvalue weighted by Gasteiger charge is -2.26. The number of carbonyl (C=O) groups is 4. The first-order valence-electron chi connectivity index (χ1n) is 13.5. The summed E-state index contributed by atoms with van der Waals surface area (Å²) in [6.07, 6.45) is -1.14. The fraction of sp³-hybridized carbons (Fsp3) is 0.290. The molecule has 0 aromatic heterocycles. The van der Waals surface area contributed by atoms with Gasteiger partial charge in [0.05, 0.1) is 12.1 Å². The molecule has 11 heteroatoms. The molecular formula is C31H36N4O7. The number of aromatic hydroxyl groups is 1. The number of nitrogens with one attached hydrogen (secondary N) is 3. The molecule has 3 amide bonds. The van der Waals surface area contributed by atoms with Gasteiger partial charge in [-0.3, -0.25) is 14.4 Å². The van der Waals surface area contributed by atoms with Crippen LogP contribution >= 0.6 is 0 Å². The van der Waals surface area contributed by atoms with Gasteiger partial charge in [0.15, 0.2) is 6.04 Å². The zero-order valence-corrected chi connectivity index (χ0v) is 23.1. The Labute approximate surface area is 243 Å². The number of aliphatic hydroxyl groups excluding tert-OH is 1. The summed E-state index contributed by atoms with van der Waals surface area (Å²) in [7, 11) is 0. The highest BCUT2D eigenvalue weighted by atomic mass is 16.4. The number of carboxylic acids is 1. The lowest BCUT2D eigenvalue weighted by atomic mass is 10.0. The molecule has 0 aliphatic carbocycles. The maximum atomic E-state index is 13.6. The van der Waals surface area contributed by atoms with Gasteiger partial charge in [-0.15, -0.1) is 0 Å². The summed E-state index contributed by atoms with van der Waals surface area (Å²) >= 11 is 0. The highest BCUT2D eigenvalue weighted by molar-refractivity contribution is 5.94. The van der Waals surface area contributed by atoms with E-state index in [0.717, 1.165) is 5.56 Å². The van der Waals surface area contributed by atoms with Crippen LogP contribution in [0.3, 0.4) is 0 Å². The predicted octanol–water partition coefficient (Wildman–Crippen LogP) is 0.667. The van der Waals surface area contributed by atoms with Gasteiger partial charge in [-0.2, -0.15) is 0 Å². The van der Waals surface area contributed by atoms with E-state index in [9.17, 15) is 34.5 Å². The fourth-order valence-corrected chi connectivity index (χ4v) is 4.29. The van der Waals surface area contributed by atoms with Crippen molar-refractivity contribution >= 4 is 23.7 Å². The monoisotopic (exact) mass is 576 g/mol. The van der Waals surface area contributed by atoms with Crippen molar-refractivity contribution in [1.82, 2.24) is 16.0 Å². The first-order valence-corrected chi connectivity index (χ1v) is 13.5. The molecule has 0 saturated heterocycles. The predicted molar refractivity (Wildman–Crippen MR) is 155 cm³/mol. The Kier molecular flexibility index (Phi) is 11.6. The van der Waals surface area contributed by atoms with Crippen LogP contribution in [0, 0.1) is 0 Å². The van der Waals surface area contributed by atoms with Crippen molar-refractivity contribution in [3.05, 3.63) is 102 Å². The largest absolute Gasteiger partial charge is 0.508 e. The molecule has 5 unspecified atom stereocenters. The summed E-state index contributed by atoms with van der Waals surface area (Å²) in [5, 5.41) is 36.6. The zero-order chi connectivity index (χ0) is 30.6. The minimum Gasteiger partial charge on any atom is -0.508 e. The molecule has 0 radical (unpaired) electrons. The number of aliphatic carboxylic acids is 1. The third-order valence-corrected chi connectivity index (χ3v) is 6.61. The second-order valence-corrected chi connectivity index (χ2v) is 10.0. The van der Waals surface area contributed by atoms with E-state index in [4.69, 9.17) is 5.73 Å². The number of aliphatic hydroxyl groups is 1. The normalized spacial score (nSPS) is 14.5. The molecule has 0 fully saturated rings. The number of amides is 3. The van der Waals surface area contributed by atoms with E-state index < -0.39 is 54.0 Å². The van der Waals surface area contributed by atoms with Crippen LogP contribution in [0.15, 0.2) is 84.9 Å². The Hall–Kier alpha value is -4.74. The molecule has 42 heavy (non-hydrogen) atoms. The molecule has 0 aliphatic rings. The van der Waals surface area contributed by atoms with Crippen LogP contribution < -0.4 is 21.7 Å². The summed E-state index contributed by atoms with van der Waals surface area (Å²) in [5.74, 6) is -3.52. The van der Waals surface area contributed by atoms with Crippen LogP contribution in [0.4, 0.5) is 0 Å². The van der Waals surface area contributed by atoms with Crippen molar-refractivity contribution in [1.29, 1.82) is 0 Å². The molecule has 0 aliphatic heterocycles. The van der Waals surface area contributed by atoms with Gasteiger partial charge < -0.3 is 37.0 Å². The number of hydrogen-bond donors (Lipinski definition) is 7. The molecule has 0 bridgehead atoms. The molecule has 0 spiro atoms. The van der Waals surface area contributed by atoms with Crippen LogP contribution in [0.25, 0.3) is 0 Å². The molecule has 0 saturated carbocycles. The quantitative estimate of drug-likeness (QED) is 0.146. The lowest BCUT2D eigenvalue weighted by molar-refractivity contribution is -0.145. The first kappa shape index (κ1) is 31.8. The van der Waals surface area contributed by atoms with Gasteiger partial charge in [0, 0.05) is 12.8 Å². The molecule has 8 N–H and O–H groups in total. The highest BCUT2D eigenvalue weighted by Gasteiger charge is 2.32. The van der Waals surface area contributed by atoms with Crippen LogP contribution in [-0.2, 0) is 38.4 Å². The van der Waals surface area contributed by atoms with E-state index in [0.29, 0.717) is 11.1 Å². The van der Waals surface area contributed by atoms with E-state index in [-0.39, 0.29) is 25.0 Å². The Balaban J connectivity index is 1.84. The summed E-state index contributed by atoms with van der Waals surface area (Å²) in [6.45, 7) is 1.23. The SMILES string of the molecule is CC(O)C(NC(=O)C(Cc1ccccc1)NC(=O)C(Cc1ccc(O)cc1)NC(=O)C(N)Cc1ccccc1)C(=O)O. The van der Waals surface area contributed by atoms with Gasteiger partial charge in [0.1, 0.15) is 17.8 Å². The second kappa shape index (κ2) is 15.3. The number of rotatable bonds is 14. The fourth-order valence-electron chi connectivity index (χ4n) is 4.29. The van der Waals surface area contributed by atoms with Gasteiger partial charge in [-0.05, 0) is 42.2 Å². The maximum Gasteiger partial charge on any atom is 0.328 e. The van der Waals surface area contributed by atoms with E-state index in [1.54, 1.807) is 42.5 Å². The zero-order valence-electron chi connectivity index (χ0n) is 23.1. The van der Waals surface area contributed by atoms with Crippen molar-refractivity contribution in [2.24, 2.45) is 5.73 Å². The molecule has 0 heterocycles. The van der Waals surface area contributed by atoms with E-state index in [1.807, 2.05) is 30.3 Å². The number of benzene rings is 3. The topological polar surface area (TPSA) is 191 Å². The number of phenolic OH excluding ortho intramolecular Hbond substituents is 1. The van der Waals surface area contributed by atoms with Gasteiger partial charge in [0.25, 0.3) is 0 Å². The average molecular weight is 577 g/mol. The smallest absolute Gasteiger partial charge is 0.328 e. The van der Waals surface area contributed by atoms with Crippen molar-refractivity contribution in [2.75, 3.05) is 0 Å². The Morgan fingerprint density at radius 2 is 1.10 bits per heavy atom. The summed E-state index contributed by atoms with van der Waals surface area (Å²) in [4.78, 5) is 51.5. The number of carboxylic acid groups (broad SMARTS) is 1. The number of carbonyl (C=O) groups excluding carboxylic acids is 3. The van der Waals surface area contributed by atoms with Crippen molar-refractivity contribution in [3.63, 3.8) is 0 Å². The second-order valence-electron chi connectivity index (χ2n) is 10.0. The number of nitrogens with two attached hydrogens (primary N) is 1. The van der Waals surface area contributed by atoms with E-state index in [1.165, 1.54) is 19.1 Å². The van der Waals surface area contributed by atoms with Crippen LogP contribution in [-0.4, -0.2) is 69.3 Å². The highest BCUT2D eigenvalue weighted by Crippen LogP contribution is 2.13. The summed E-state index contributed by atoms with van der Waals surface area (Å²) in [6, 6.07) is 19.1. The van der Waals surface area contributed by atoms with Crippen molar-refractivity contribution < 1.29 is 34.5 Å². The third-order valence-electron chi connectivity index (χ3n) is 6.61. The summed E-state index contributed by atoms with van der Waals surface area (Å²) in [5.41, 5.74) is 8.30. The average Bonchev–Trinajstić information content (AvgIpc) is 2.96. The van der Waals surface area contributed by atoms with Gasteiger partial charge in [-0.25, -0.2) is 4.79 Å². The Morgan fingerprint density at radius 1 is 0.667 bits per heavy atom. The van der Waals surface area contributed by atoms with E-state index in [2.05, 4.69) is 16.0 Å². The molecule has 3 rings (SSSR count). The molecule has 3 aromatic carbocycles. The molecule has 11 nitrogen and oxygen atoms in total. The number of phenols is 1. The van der Waals surface area contributed by atoms with Gasteiger partial charge in [-0.1, -0.05) is 72.8 Å². The Bertz CT molecular complexity index is 1330. The molecule has 5 atom stereocenters. The number of hydrogen-bond acceptors (Lipinski definition) is 7. The van der Waals surface area contributed by atoms with Crippen LogP contribution in [0.5, 0.6) is 5.75 Å². The van der Waals surface area contributed by atoms with Crippen LogP contribution in [0.2, 0.25) is 0 Å². The molecule has 222 valence electrons. The molecular weight excluding hydrogens is 540 g/mol. The maximum absolute atomic E-state index is 13.6. The molecule has 3 aromatic rings.